The van der Waals surface area contributed by atoms with E-state index >= 15 is 0 Å². The van der Waals surface area contributed by atoms with Gasteiger partial charge in [0.15, 0.2) is 5.17 Å². The number of hydrogen-bond acceptors (Lipinski definition) is 6. The minimum absolute atomic E-state index is 0.00381. The molecule has 0 unspecified atom stereocenters. The molecule has 7 nitrogen and oxygen atoms in total. The van der Waals surface area contributed by atoms with Crippen LogP contribution in [0.15, 0.2) is 79.5 Å². The lowest BCUT2D eigenvalue weighted by molar-refractivity contribution is -0.384. The maximum atomic E-state index is 13.1. The number of carbonyl (C=O) groups excluding carboxylic acids is 1. The third-order valence-corrected chi connectivity index (χ3v) is 6.62. The zero-order valence-corrected chi connectivity index (χ0v) is 21.1. The van der Waals surface area contributed by atoms with Crippen LogP contribution in [0.5, 0.6) is 5.75 Å². The van der Waals surface area contributed by atoms with Crippen LogP contribution in [0.4, 0.5) is 15.8 Å². The van der Waals surface area contributed by atoms with Crippen molar-refractivity contribution in [2.75, 3.05) is 0 Å². The summed E-state index contributed by atoms with van der Waals surface area (Å²) in [5.74, 6) is -0.124. The minimum atomic E-state index is -0.454. The number of aliphatic imine (C=N–C) groups is 1. The van der Waals surface area contributed by atoms with Crippen LogP contribution < -0.4 is 10.1 Å². The molecule has 11 heteroatoms. The van der Waals surface area contributed by atoms with Gasteiger partial charge in [-0.05, 0) is 97.2 Å². The first kappa shape index (κ1) is 24.1. The fourth-order valence-electron chi connectivity index (χ4n) is 2.98. The summed E-state index contributed by atoms with van der Waals surface area (Å²) in [6.45, 7) is 0.140. The van der Waals surface area contributed by atoms with E-state index in [2.05, 4.69) is 42.2 Å². The number of ether oxygens (including phenoxy) is 1. The molecule has 1 fully saturated rings. The average molecular weight is 607 g/mol. The number of hydrogen-bond donors (Lipinski definition) is 1. The molecule has 0 aliphatic carbocycles. The highest BCUT2D eigenvalue weighted by Gasteiger charge is 2.24. The molecule has 1 amide bonds. The molecule has 1 aliphatic heterocycles. The van der Waals surface area contributed by atoms with Crippen molar-refractivity contribution in [3.8, 4) is 5.75 Å². The highest BCUT2D eigenvalue weighted by Crippen LogP contribution is 2.37. The Morgan fingerprint density at radius 2 is 1.82 bits per heavy atom. The molecule has 4 rings (SSSR count). The van der Waals surface area contributed by atoms with Gasteiger partial charge in [0, 0.05) is 12.1 Å². The SMILES string of the molecule is O=C1NC(=Nc2ccc(F)cc2)S/C1=C/c1cc(Br)c(OCc2cccc([N+](=O)[O-])c2)c(Br)c1. The molecule has 1 heterocycles. The number of non-ortho nitro benzene ring substituents is 1. The first-order chi connectivity index (χ1) is 16.3. The fraction of sp³-hybridized carbons (Fsp3) is 0.0435. The summed E-state index contributed by atoms with van der Waals surface area (Å²) in [5, 5.41) is 14.1. The zero-order valence-electron chi connectivity index (χ0n) is 17.1. The number of thioether (sulfide) groups is 1. The van der Waals surface area contributed by atoms with Crippen molar-refractivity contribution in [3.63, 3.8) is 0 Å². The highest BCUT2D eigenvalue weighted by molar-refractivity contribution is 9.11. The Bertz CT molecular complexity index is 1320. The Morgan fingerprint density at radius 1 is 1.12 bits per heavy atom. The van der Waals surface area contributed by atoms with E-state index < -0.39 is 4.92 Å². The number of carbonyl (C=O) groups is 1. The number of amidine groups is 1. The summed E-state index contributed by atoms with van der Waals surface area (Å²) < 4.78 is 20.2. The molecule has 0 bridgehead atoms. The Balaban J connectivity index is 1.49. The second-order valence-electron chi connectivity index (χ2n) is 6.99. The minimum Gasteiger partial charge on any atom is -0.487 e. The number of nitrogens with zero attached hydrogens (tertiary/aromatic N) is 2. The molecule has 0 spiro atoms. The lowest BCUT2D eigenvalue weighted by atomic mass is 10.2. The Labute approximate surface area is 214 Å². The smallest absolute Gasteiger partial charge is 0.269 e. The lowest BCUT2D eigenvalue weighted by Crippen LogP contribution is -2.19. The van der Waals surface area contributed by atoms with E-state index in [0.29, 0.717) is 36.0 Å². The van der Waals surface area contributed by atoms with Crippen molar-refractivity contribution in [1.82, 2.24) is 5.32 Å². The van der Waals surface area contributed by atoms with Crippen molar-refractivity contribution < 1.29 is 18.8 Å². The first-order valence-electron chi connectivity index (χ1n) is 9.69. The van der Waals surface area contributed by atoms with E-state index in [-0.39, 0.29) is 24.0 Å². The number of nitro benzene ring substituents is 1. The quantitative estimate of drug-likeness (QED) is 0.191. The van der Waals surface area contributed by atoms with Crippen LogP contribution in [0.25, 0.3) is 6.08 Å². The summed E-state index contributed by atoms with van der Waals surface area (Å²) in [6.07, 6.45) is 1.72. The maximum Gasteiger partial charge on any atom is 0.269 e. The van der Waals surface area contributed by atoms with Gasteiger partial charge in [-0.25, -0.2) is 9.38 Å². The predicted octanol–water partition coefficient (Wildman–Crippen LogP) is 6.73. The van der Waals surface area contributed by atoms with Gasteiger partial charge in [-0.3, -0.25) is 14.9 Å². The Morgan fingerprint density at radius 3 is 2.50 bits per heavy atom. The van der Waals surface area contributed by atoms with Gasteiger partial charge in [0.1, 0.15) is 18.2 Å². The molecule has 1 N–H and O–H groups in total. The lowest BCUT2D eigenvalue weighted by Gasteiger charge is -2.11. The van der Waals surface area contributed by atoms with Crippen LogP contribution in [0.3, 0.4) is 0 Å². The van der Waals surface area contributed by atoms with Crippen LogP contribution in [-0.2, 0) is 11.4 Å². The average Bonchev–Trinajstić information content (AvgIpc) is 3.13. The van der Waals surface area contributed by atoms with Gasteiger partial charge in [-0.15, -0.1) is 0 Å². The largest absolute Gasteiger partial charge is 0.487 e. The summed E-state index contributed by atoms with van der Waals surface area (Å²) in [7, 11) is 0. The Kier molecular flexibility index (Phi) is 7.44. The summed E-state index contributed by atoms with van der Waals surface area (Å²) in [5.41, 5.74) is 1.92. The van der Waals surface area contributed by atoms with Gasteiger partial charge in [0.05, 0.1) is 24.5 Å². The van der Waals surface area contributed by atoms with Gasteiger partial charge in [-0.2, -0.15) is 0 Å². The maximum absolute atomic E-state index is 13.1. The molecule has 0 aromatic heterocycles. The molecule has 0 atom stereocenters. The van der Waals surface area contributed by atoms with E-state index in [1.807, 2.05) is 0 Å². The van der Waals surface area contributed by atoms with Gasteiger partial charge in [0.25, 0.3) is 11.6 Å². The van der Waals surface area contributed by atoms with Crippen LogP contribution in [-0.4, -0.2) is 16.0 Å². The standard InChI is InChI=1S/C23H14Br2FN3O4S/c24-18-9-14(10-19(25)21(18)33-12-13-2-1-3-17(8-13)29(31)32)11-20-22(30)28-23(34-20)27-16-6-4-15(26)5-7-16/h1-11H,12H2,(H,27,28,30)/b20-11+. The van der Waals surface area contributed by atoms with Crippen LogP contribution >= 0.6 is 43.6 Å². The van der Waals surface area contributed by atoms with Gasteiger partial charge in [0.2, 0.25) is 0 Å². The third-order valence-electron chi connectivity index (χ3n) is 4.53. The van der Waals surface area contributed by atoms with Crippen molar-refractivity contribution in [2.45, 2.75) is 6.61 Å². The van der Waals surface area contributed by atoms with Crippen LogP contribution in [0.1, 0.15) is 11.1 Å². The molecule has 1 aliphatic rings. The molecule has 0 radical (unpaired) electrons. The third kappa shape index (κ3) is 5.91. The zero-order chi connectivity index (χ0) is 24.2. The number of halogens is 3. The number of nitro groups is 1. The molecule has 172 valence electrons. The predicted molar refractivity (Wildman–Crippen MR) is 136 cm³/mol. The first-order valence-corrected chi connectivity index (χ1v) is 12.1. The van der Waals surface area contributed by atoms with Crippen LogP contribution in [0, 0.1) is 15.9 Å². The fourth-order valence-corrected chi connectivity index (χ4v) is 5.27. The second-order valence-corrected chi connectivity index (χ2v) is 9.73. The summed E-state index contributed by atoms with van der Waals surface area (Å²) in [4.78, 5) is 27.6. The normalized spacial score (nSPS) is 15.6. The molecule has 3 aromatic carbocycles. The van der Waals surface area contributed by atoms with E-state index in [1.165, 1.54) is 48.2 Å². The molecule has 3 aromatic rings. The van der Waals surface area contributed by atoms with Crippen molar-refractivity contribution in [1.29, 1.82) is 0 Å². The van der Waals surface area contributed by atoms with E-state index in [0.717, 1.165) is 5.56 Å². The Hall–Kier alpha value is -3.02. The summed E-state index contributed by atoms with van der Waals surface area (Å²) in [6, 6.07) is 15.5. The van der Waals surface area contributed by atoms with E-state index in [4.69, 9.17) is 4.74 Å². The van der Waals surface area contributed by atoms with Gasteiger partial charge < -0.3 is 10.1 Å². The molecule has 0 saturated carbocycles. The topological polar surface area (TPSA) is 93.8 Å². The van der Waals surface area contributed by atoms with E-state index in [9.17, 15) is 19.3 Å². The van der Waals surface area contributed by atoms with Crippen molar-refractivity contribution >= 4 is 72.1 Å². The molecule has 34 heavy (non-hydrogen) atoms. The number of amides is 1. The van der Waals surface area contributed by atoms with Gasteiger partial charge >= 0.3 is 0 Å². The second kappa shape index (κ2) is 10.5. The number of rotatable bonds is 6. The van der Waals surface area contributed by atoms with Crippen molar-refractivity contribution in [3.05, 3.63) is 102 Å². The molecular formula is C23H14Br2FN3O4S. The number of benzene rings is 3. The van der Waals surface area contributed by atoms with Gasteiger partial charge in [-0.1, -0.05) is 12.1 Å². The van der Waals surface area contributed by atoms with Crippen LogP contribution in [0.2, 0.25) is 0 Å². The summed E-state index contributed by atoms with van der Waals surface area (Å²) >= 11 is 8.14. The molecule has 1 saturated heterocycles. The number of nitrogens with one attached hydrogen (secondary N) is 1. The van der Waals surface area contributed by atoms with Crippen molar-refractivity contribution in [2.24, 2.45) is 4.99 Å². The molecular weight excluding hydrogens is 593 g/mol. The van der Waals surface area contributed by atoms with E-state index in [1.54, 1.807) is 30.3 Å². The highest BCUT2D eigenvalue weighted by atomic mass is 79.9. The monoisotopic (exact) mass is 605 g/mol.